The number of carbonyl (C=O) groups is 1. The molecule has 2 aromatic rings. The summed E-state index contributed by atoms with van der Waals surface area (Å²) < 4.78 is 24.4. The second-order valence-corrected chi connectivity index (χ2v) is 5.39. The third-order valence-corrected chi connectivity index (χ3v) is 3.66. The van der Waals surface area contributed by atoms with Crippen LogP contribution >= 0.6 is 0 Å². The molecule has 1 heterocycles. The van der Waals surface area contributed by atoms with E-state index in [2.05, 4.69) is 0 Å². The van der Waals surface area contributed by atoms with E-state index < -0.39 is 0 Å². The molecule has 1 aliphatic heterocycles. The fraction of sp³-hybridized carbons (Fsp3) is 0.278. The summed E-state index contributed by atoms with van der Waals surface area (Å²) >= 11 is 0. The average molecular weight is 315 g/mol. The number of hydrogen-bond acceptors (Lipinski definition) is 3. The van der Waals surface area contributed by atoms with Gasteiger partial charge in [-0.3, -0.25) is 4.79 Å². The van der Waals surface area contributed by atoms with Crippen molar-refractivity contribution in [3.05, 3.63) is 66.0 Å². The number of amides is 1. The normalized spacial score (nSPS) is 18.3. The van der Waals surface area contributed by atoms with Crippen molar-refractivity contribution in [2.75, 3.05) is 26.3 Å². The van der Waals surface area contributed by atoms with Crippen LogP contribution in [0.15, 0.2) is 54.6 Å². The van der Waals surface area contributed by atoms with Gasteiger partial charge >= 0.3 is 0 Å². The molecule has 0 spiro atoms. The fourth-order valence-corrected chi connectivity index (χ4v) is 2.50. The lowest BCUT2D eigenvalue weighted by Crippen LogP contribution is -2.40. The molecule has 1 amide bonds. The van der Waals surface area contributed by atoms with Crippen LogP contribution < -0.4 is 4.74 Å². The molecule has 0 bridgehead atoms. The lowest BCUT2D eigenvalue weighted by Gasteiger charge is -2.24. The minimum absolute atomic E-state index is 0.142. The second-order valence-electron chi connectivity index (χ2n) is 5.39. The highest BCUT2D eigenvalue weighted by Gasteiger charge is 2.24. The van der Waals surface area contributed by atoms with Gasteiger partial charge in [-0.25, -0.2) is 4.39 Å². The Morgan fingerprint density at radius 1 is 1.13 bits per heavy atom. The quantitative estimate of drug-likeness (QED) is 0.874. The van der Waals surface area contributed by atoms with Crippen LogP contribution in [0.1, 0.15) is 10.4 Å². The molecule has 1 saturated heterocycles. The molecule has 0 N–H and O–H groups in total. The van der Waals surface area contributed by atoms with Gasteiger partial charge < -0.3 is 14.4 Å². The minimum atomic E-state index is -0.356. The van der Waals surface area contributed by atoms with Gasteiger partial charge in [-0.2, -0.15) is 0 Å². The van der Waals surface area contributed by atoms with E-state index in [9.17, 15) is 9.18 Å². The van der Waals surface area contributed by atoms with Gasteiger partial charge in [0, 0.05) is 12.1 Å². The molecule has 23 heavy (non-hydrogen) atoms. The number of benzene rings is 2. The molecule has 0 aliphatic carbocycles. The molecule has 4 nitrogen and oxygen atoms in total. The Balaban J connectivity index is 1.69. The maximum Gasteiger partial charge on any atom is 0.254 e. The molecule has 0 saturated carbocycles. The largest absolute Gasteiger partial charge is 0.486 e. The standard InChI is InChI=1S/C18H18FNO3/c19-15-8-6-14(7-9-15)18(21)20-10-11-22-13-17(12-20)23-16-4-2-1-3-5-16/h1-9,17H,10-13H2/t17-/m1/s1. The molecule has 0 unspecified atom stereocenters. The van der Waals surface area contributed by atoms with Crippen molar-refractivity contribution in [2.45, 2.75) is 6.10 Å². The summed E-state index contributed by atoms with van der Waals surface area (Å²) in [6.45, 7) is 1.82. The van der Waals surface area contributed by atoms with Gasteiger partial charge in [0.25, 0.3) is 5.91 Å². The van der Waals surface area contributed by atoms with Crippen molar-refractivity contribution < 1.29 is 18.7 Å². The van der Waals surface area contributed by atoms with Crippen molar-refractivity contribution in [3.63, 3.8) is 0 Å². The van der Waals surface area contributed by atoms with Gasteiger partial charge in [0.2, 0.25) is 0 Å². The van der Waals surface area contributed by atoms with E-state index in [-0.39, 0.29) is 17.8 Å². The molecular formula is C18H18FNO3. The molecule has 1 fully saturated rings. The van der Waals surface area contributed by atoms with Crippen molar-refractivity contribution in [2.24, 2.45) is 0 Å². The van der Waals surface area contributed by atoms with Crippen molar-refractivity contribution >= 4 is 5.91 Å². The molecule has 120 valence electrons. The zero-order valence-electron chi connectivity index (χ0n) is 12.7. The summed E-state index contributed by atoms with van der Waals surface area (Å²) in [5, 5.41) is 0. The van der Waals surface area contributed by atoms with E-state index in [1.807, 2.05) is 30.3 Å². The predicted octanol–water partition coefficient (Wildman–Crippen LogP) is 2.75. The van der Waals surface area contributed by atoms with E-state index in [1.165, 1.54) is 24.3 Å². The molecule has 3 rings (SSSR count). The number of para-hydroxylation sites is 1. The lowest BCUT2D eigenvalue weighted by molar-refractivity contribution is 0.0652. The number of hydrogen-bond donors (Lipinski definition) is 0. The van der Waals surface area contributed by atoms with Crippen molar-refractivity contribution in [1.29, 1.82) is 0 Å². The van der Waals surface area contributed by atoms with Gasteiger partial charge in [0.1, 0.15) is 17.7 Å². The van der Waals surface area contributed by atoms with Crippen LogP contribution in [0.2, 0.25) is 0 Å². The van der Waals surface area contributed by atoms with Crippen LogP contribution in [-0.4, -0.2) is 43.2 Å². The highest BCUT2D eigenvalue weighted by atomic mass is 19.1. The first-order valence-electron chi connectivity index (χ1n) is 7.56. The summed E-state index contributed by atoms with van der Waals surface area (Å²) in [5.74, 6) is 0.250. The number of ether oxygens (including phenoxy) is 2. The zero-order valence-corrected chi connectivity index (χ0v) is 12.7. The van der Waals surface area contributed by atoms with Crippen LogP contribution in [0.3, 0.4) is 0 Å². The third-order valence-electron chi connectivity index (χ3n) is 3.66. The Labute approximate surface area is 134 Å². The van der Waals surface area contributed by atoms with Crippen molar-refractivity contribution in [3.8, 4) is 5.75 Å². The number of carbonyl (C=O) groups excluding carboxylic acids is 1. The maximum atomic E-state index is 13.0. The third kappa shape index (κ3) is 4.07. The van der Waals surface area contributed by atoms with Gasteiger partial charge in [0.15, 0.2) is 0 Å². The summed E-state index contributed by atoms with van der Waals surface area (Å²) in [6.07, 6.45) is -0.232. The second kappa shape index (κ2) is 7.24. The van der Waals surface area contributed by atoms with Gasteiger partial charge in [-0.15, -0.1) is 0 Å². The first-order chi connectivity index (χ1) is 11.2. The van der Waals surface area contributed by atoms with Gasteiger partial charge in [-0.05, 0) is 36.4 Å². The highest BCUT2D eigenvalue weighted by Crippen LogP contribution is 2.15. The zero-order chi connectivity index (χ0) is 16.1. The lowest BCUT2D eigenvalue weighted by atomic mass is 10.2. The fourth-order valence-electron chi connectivity index (χ4n) is 2.50. The van der Waals surface area contributed by atoms with E-state index in [0.29, 0.717) is 31.9 Å². The number of halogens is 1. The van der Waals surface area contributed by atoms with Gasteiger partial charge in [0.05, 0.1) is 19.8 Å². The van der Waals surface area contributed by atoms with Crippen LogP contribution in [0.4, 0.5) is 4.39 Å². The number of nitrogens with zero attached hydrogens (tertiary/aromatic N) is 1. The molecule has 1 aliphatic rings. The van der Waals surface area contributed by atoms with E-state index in [0.717, 1.165) is 5.75 Å². The Kier molecular flexibility index (Phi) is 4.88. The van der Waals surface area contributed by atoms with Gasteiger partial charge in [-0.1, -0.05) is 18.2 Å². The molecule has 2 aromatic carbocycles. The Bertz CT molecular complexity index is 645. The Morgan fingerprint density at radius 2 is 1.87 bits per heavy atom. The summed E-state index contributed by atoms with van der Waals surface area (Å²) in [5.41, 5.74) is 0.465. The maximum absolute atomic E-state index is 13.0. The Hall–Kier alpha value is -2.40. The molecule has 0 aromatic heterocycles. The van der Waals surface area contributed by atoms with E-state index in [4.69, 9.17) is 9.47 Å². The molecule has 0 radical (unpaired) electrons. The first kappa shape index (κ1) is 15.5. The highest BCUT2D eigenvalue weighted by molar-refractivity contribution is 5.94. The Morgan fingerprint density at radius 3 is 2.61 bits per heavy atom. The van der Waals surface area contributed by atoms with Crippen LogP contribution in [-0.2, 0) is 4.74 Å². The average Bonchev–Trinajstić information content (AvgIpc) is 2.81. The van der Waals surface area contributed by atoms with E-state index >= 15 is 0 Å². The van der Waals surface area contributed by atoms with E-state index in [1.54, 1.807) is 4.90 Å². The summed E-state index contributed by atoms with van der Waals surface area (Å²) in [6, 6.07) is 15.0. The minimum Gasteiger partial charge on any atom is -0.486 e. The topological polar surface area (TPSA) is 38.8 Å². The number of rotatable bonds is 3. The smallest absolute Gasteiger partial charge is 0.254 e. The van der Waals surface area contributed by atoms with Crippen LogP contribution in [0.25, 0.3) is 0 Å². The summed E-state index contributed by atoms with van der Waals surface area (Å²) in [7, 11) is 0. The SMILES string of the molecule is O=C(c1ccc(F)cc1)N1CCOC[C@H](Oc2ccccc2)C1. The van der Waals surface area contributed by atoms with Crippen LogP contribution in [0, 0.1) is 5.82 Å². The summed E-state index contributed by atoms with van der Waals surface area (Å²) in [4.78, 5) is 14.2. The van der Waals surface area contributed by atoms with Crippen LogP contribution in [0.5, 0.6) is 5.75 Å². The predicted molar refractivity (Wildman–Crippen MR) is 84.0 cm³/mol. The molecule has 1 atom stereocenters. The monoisotopic (exact) mass is 315 g/mol. The molecular weight excluding hydrogens is 297 g/mol. The first-order valence-corrected chi connectivity index (χ1v) is 7.56. The van der Waals surface area contributed by atoms with Crippen molar-refractivity contribution in [1.82, 2.24) is 4.90 Å². The molecule has 5 heteroatoms.